The van der Waals surface area contributed by atoms with Crippen LogP contribution >= 0.6 is 34.0 Å². The van der Waals surface area contributed by atoms with Gasteiger partial charge in [-0.3, -0.25) is 14.8 Å². The number of rotatable bonds is 12. The summed E-state index contributed by atoms with van der Waals surface area (Å²) < 4.78 is 20.2. The number of aryl methyl sites for hydroxylation is 1. The number of carbonyl (C=O) groups excluding carboxylic acids is 2. The highest BCUT2D eigenvalue weighted by atomic mass is 32.1. The number of nitrogens with one attached hydrogen (secondary N) is 2. The lowest BCUT2D eigenvalue weighted by Gasteiger charge is -2.15. The number of carboxylic acid groups (broad SMARTS) is 2. The summed E-state index contributed by atoms with van der Waals surface area (Å²) in [6.45, 7) is 3.59. The van der Waals surface area contributed by atoms with Gasteiger partial charge in [-0.05, 0) is 114 Å². The molecule has 0 aliphatic heterocycles. The Kier molecular flexibility index (Phi) is 12.1. The van der Waals surface area contributed by atoms with Crippen LogP contribution in [0.5, 0.6) is 0 Å². The number of fused-ring (bicyclic) bond motifs is 2. The van der Waals surface area contributed by atoms with E-state index in [0.717, 1.165) is 68.3 Å². The summed E-state index contributed by atoms with van der Waals surface area (Å²) in [7, 11) is 3.56. The smallest absolute Gasteiger partial charge is 0.481 e. The van der Waals surface area contributed by atoms with Gasteiger partial charge in [0.25, 0.3) is 0 Å². The average Bonchev–Trinajstić information content (AvgIpc) is 3.70. The fraction of sp³-hybridized carbons (Fsp3) is 0.170. The average molecular weight is 988 g/mol. The lowest BCUT2D eigenvalue weighted by molar-refractivity contribution is -0.730. The third kappa shape index (κ3) is 8.91. The molecule has 0 spiro atoms. The van der Waals surface area contributed by atoms with E-state index in [9.17, 15) is 24.3 Å². The third-order valence-corrected chi connectivity index (χ3v) is 15.9. The molecule has 5 aromatic heterocycles. The highest BCUT2D eigenvalue weighted by molar-refractivity contribution is 7.31. The zero-order valence-electron chi connectivity index (χ0n) is 38.1. The van der Waals surface area contributed by atoms with Gasteiger partial charge in [0.05, 0.1) is 34.6 Å². The van der Waals surface area contributed by atoms with Crippen molar-refractivity contribution >= 4 is 89.3 Å². The number of thiophene rings is 3. The van der Waals surface area contributed by atoms with Gasteiger partial charge in [-0.25, -0.2) is 9.59 Å². The minimum atomic E-state index is -1.23. The summed E-state index contributed by atoms with van der Waals surface area (Å²) in [5.41, 5.74) is 6.20. The van der Waals surface area contributed by atoms with Crippen molar-refractivity contribution in [2.45, 2.75) is 44.3 Å². The van der Waals surface area contributed by atoms with Gasteiger partial charge in [-0.15, -0.1) is 34.0 Å². The number of anilines is 2. The Morgan fingerprint density at radius 3 is 2.09 bits per heavy atom. The Hall–Kier alpha value is -8.04. The number of ether oxygens (including phenoxy) is 2. The largest absolute Gasteiger partial charge is 0.505 e. The van der Waals surface area contributed by atoms with Crippen LogP contribution in [0.1, 0.15) is 61.2 Å². The summed E-state index contributed by atoms with van der Waals surface area (Å²) in [6, 6.07) is 34.5. The van der Waals surface area contributed by atoms with Gasteiger partial charge in [0.2, 0.25) is 0 Å². The van der Waals surface area contributed by atoms with Gasteiger partial charge in [0.15, 0.2) is 0 Å². The normalized spacial score (nSPS) is 13.5. The molecule has 70 heavy (non-hydrogen) atoms. The van der Waals surface area contributed by atoms with Crippen LogP contribution in [0.3, 0.4) is 0 Å². The Bertz CT molecular complexity index is 3540. The molecule has 9 aromatic rings. The SMILES string of the molecule is CC(OC(=O)Nc1c(-c2cc3sc(-c4ccc5scc(C6(C(=O)O)CC6)c5c4)cc3s2)cnn1C)c1ccc(-n2cc(-c3ccc(C#CC(=O)O)cc3)c(NC(=O)OC(C)c3ccccc3)[n+]2C)cc1. The molecule has 0 saturated heterocycles. The number of aromatic nitrogens is 4. The van der Waals surface area contributed by atoms with E-state index in [4.69, 9.17) is 14.6 Å². The van der Waals surface area contributed by atoms with E-state index in [1.807, 2.05) is 70.9 Å². The Labute approximate surface area is 413 Å². The van der Waals surface area contributed by atoms with E-state index in [0.29, 0.717) is 35.6 Å². The second kappa shape index (κ2) is 18.5. The van der Waals surface area contributed by atoms with Gasteiger partial charge < -0.3 is 19.7 Å². The third-order valence-electron chi connectivity index (χ3n) is 12.5. The molecule has 1 aliphatic carbocycles. The molecule has 5 heterocycles. The van der Waals surface area contributed by atoms with Crippen molar-refractivity contribution in [3.63, 3.8) is 0 Å². The maximum absolute atomic E-state index is 13.5. The first kappa shape index (κ1) is 45.7. The van der Waals surface area contributed by atoms with Gasteiger partial charge in [0.1, 0.15) is 25.1 Å². The lowest BCUT2D eigenvalue weighted by Crippen LogP contribution is -2.41. The van der Waals surface area contributed by atoms with E-state index in [-0.39, 0.29) is 0 Å². The molecule has 14 nitrogen and oxygen atoms in total. The Morgan fingerprint density at radius 1 is 0.771 bits per heavy atom. The zero-order valence-corrected chi connectivity index (χ0v) is 40.5. The maximum atomic E-state index is 13.5. The van der Waals surface area contributed by atoms with Crippen LogP contribution in [-0.2, 0) is 38.6 Å². The van der Waals surface area contributed by atoms with Crippen LogP contribution in [-0.4, -0.2) is 48.8 Å². The van der Waals surface area contributed by atoms with Crippen molar-refractivity contribution in [3.05, 3.63) is 149 Å². The van der Waals surface area contributed by atoms with E-state index in [1.165, 1.54) is 0 Å². The standard InChI is InChI=1S/C53H42N6O8S3/c1-30(33-8-6-5-7-9-33)66-52(65)56-49-40(35-13-10-32(11-14-35)12-21-47(60)61)28-59(58(49)4)37-18-15-34(16-19-37)31(2)67-51(64)55-48-39(27-54-57(48)3)44-26-46-45(70-44)25-43(69-46)36-17-20-42-38(24-36)41(29-68-42)53(22-23-53)50(62)63/h5-11,13-20,24-31H,22-23H2,1-4H3,(H3,54,55,60,61,62,63,64)/p+1. The number of carboxylic acids is 2. The predicted molar refractivity (Wildman–Crippen MR) is 272 cm³/mol. The molecular weight excluding hydrogens is 945 g/mol. The van der Waals surface area contributed by atoms with Crippen molar-refractivity contribution in [1.29, 1.82) is 0 Å². The summed E-state index contributed by atoms with van der Waals surface area (Å²) in [4.78, 5) is 52.0. The van der Waals surface area contributed by atoms with Crippen molar-refractivity contribution in [3.8, 4) is 49.5 Å². The topological polar surface area (TPSA) is 178 Å². The Morgan fingerprint density at radius 2 is 1.41 bits per heavy atom. The number of aliphatic carboxylic acids is 2. The molecule has 4 aromatic carbocycles. The predicted octanol–water partition coefficient (Wildman–Crippen LogP) is 11.7. The van der Waals surface area contributed by atoms with E-state index < -0.39 is 41.7 Å². The van der Waals surface area contributed by atoms with Crippen LogP contribution in [0.2, 0.25) is 0 Å². The minimum Gasteiger partial charge on any atom is -0.481 e. The quantitative estimate of drug-likeness (QED) is 0.0685. The number of carbonyl (C=O) groups is 4. The van der Waals surface area contributed by atoms with Gasteiger partial charge in [-0.2, -0.15) is 24.6 Å². The van der Waals surface area contributed by atoms with Crippen LogP contribution in [0.25, 0.3) is 57.2 Å². The number of hydrogen-bond donors (Lipinski definition) is 4. The first-order chi connectivity index (χ1) is 33.7. The summed E-state index contributed by atoms with van der Waals surface area (Å²) in [5.74, 6) is 3.70. The minimum absolute atomic E-state index is 0.446. The molecule has 1 aliphatic rings. The monoisotopic (exact) mass is 987 g/mol. The van der Waals surface area contributed by atoms with E-state index in [2.05, 4.69) is 57.9 Å². The zero-order chi connectivity index (χ0) is 48.8. The first-order valence-electron chi connectivity index (χ1n) is 22.1. The van der Waals surface area contributed by atoms with Gasteiger partial charge in [0, 0.05) is 42.4 Å². The number of amides is 2. The Balaban J connectivity index is 0.836. The number of nitrogens with zero attached hydrogens (tertiary/aromatic N) is 4. The number of hydrogen-bond acceptors (Lipinski definition) is 10. The molecular formula is C53H43N6O8S3+. The van der Waals surface area contributed by atoms with Crippen molar-refractivity contribution in [2.75, 3.05) is 10.6 Å². The van der Waals surface area contributed by atoms with E-state index in [1.54, 1.807) is 102 Å². The molecule has 10 rings (SSSR count). The van der Waals surface area contributed by atoms with Gasteiger partial charge in [-0.1, -0.05) is 66.6 Å². The first-order valence-corrected chi connectivity index (χ1v) is 24.6. The van der Waals surface area contributed by atoms with Crippen molar-refractivity contribution in [2.24, 2.45) is 14.1 Å². The summed E-state index contributed by atoms with van der Waals surface area (Å²) >= 11 is 4.86. The molecule has 350 valence electrons. The second-order valence-electron chi connectivity index (χ2n) is 17.0. The maximum Gasteiger partial charge on any atom is 0.505 e. The molecule has 1 fully saturated rings. The van der Waals surface area contributed by atoms with Crippen molar-refractivity contribution in [1.82, 2.24) is 14.5 Å². The molecule has 17 heteroatoms. The summed E-state index contributed by atoms with van der Waals surface area (Å²) in [6.07, 6.45) is 2.48. The fourth-order valence-electron chi connectivity index (χ4n) is 8.50. The molecule has 0 radical (unpaired) electrons. The molecule has 2 atom stereocenters. The van der Waals surface area contributed by atoms with Crippen molar-refractivity contribution < 1.29 is 43.5 Å². The van der Waals surface area contributed by atoms with E-state index >= 15 is 0 Å². The highest BCUT2D eigenvalue weighted by Crippen LogP contribution is 2.53. The fourth-order valence-corrected chi connectivity index (χ4v) is 11.9. The van der Waals surface area contributed by atoms with Crippen LogP contribution in [0.4, 0.5) is 21.2 Å². The molecule has 2 amide bonds. The molecule has 2 unspecified atom stereocenters. The molecule has 4 N–H and O–H groups in total. The lowest BCUT2D eigenvalue weighted by atomic mass is 9.95. The van der Waals surface area contributed by atoms with Crippen LogP contribution < -0.4 is 15.3 Å². The van der Waals surface area contributed by atoms with Crippen LogP contribution in [0, 0.1) is 11.8 Å². The van der Waals surface area contributed by atoms with Crippen LogP contribution in [0.15, 0.2) is 127 Å². The summed E-state index contributed by atoms with van der Waals surface area (Å²) in [5, 5.41) is 32.3. The molecule has 1 saturated carbocycles. The molecule has 0 bridgehead atoms. The highest BCUT2D eigenvalue weighted by Gasteiger charge is 2.53. The second-order valence-corrected chi connectivity index (χ2v) is 20.0. The number of benzene rings is 4. The van der Waals surface area contributed by atoms with Gasteiger partial charge >= 0.3 is 29.9 Å².